The van der Waals surface area contributed by atoms with Gasteiger partial charge in [-0.05, 0) is 35.9 Å². The van der Waals surface area contributed by atoms with E-state index in [1.807, 2.05) is 36.4 Å². The minimum Gasteiger partial charge on any atom is -0.497 e. The van der Waals surface area contributed by atoms with Gasteiger partial charge in [0.2, 0.25) is 0 Å². The minimum absolute atomic E-state index is 0.0388. The number of hydrogen-bond acceptors (Lipinski definition) is 4. The Labute approximate surface area is 159 Å². The summed E-state index contributed by atoms with van der Waals surface area (Å²) >= 11 is 0. The lowest BCUT2D eigenvalue weighted by atomic mass is 10.2. The van der Waals surface area contributed by atoms with Crippen molar-refractivity contribution in [2.75, 3.05) is 27.4 Å². The molecule has 1 aliphatic heterocycles. The quantitative estimate of drug-likeness (QED) is 0.662. The fourth-order valence-corrected chi connectivity index (χ4v) is 3.49. The highest BCUT2D eigenvalue weighted by Crippen LogP contribution is 2.31. The summed E-state index contributed by atoms with van der Waals surface area (Å²) in [7, 11) is 3.38. The molecule has 27 heavy (non-hydrogen) atoms. The van der Waals surface area contributed by atoms with Crippen LogP contribution in [-0.2, 0) is 11.3 Å². The van der Waals surface area contributed by atoms with Crippen molar-refractivity contribution in [1.82, 2.24) is 9.47 Å². The normalized spacial score (nSPS) is 17.2. The molecule has 4 rings (SSSR count). The van der Waals surface area contributed by atoms with E-state index in [0.29, 0.717) is 0 Å². The Balaban J connectivity index is 1.53. The van der Waals surface area contributed by atoms with Crippen molar-refractivity contribution in [3.05, 3.63) is 78.1 Å². The number of methoxy groups -OCH3 is 2. The Bertz CT molecular complexity index is 889. The van der Waals surface area contributed by atoms with Crippen LogP contribution in [0.3, 0.4) is 0 Å². The topological polar surface area (TPSA) is 35.9 Å². The molecule has 0 aliphatic carbocycles. The molecule has 0 N–H and O–H groups in total. The molecule has 2 aromatic carbocycles. The summed E-state index contributed by atoms with van der Waals surface area (Å²) < 4.78 is 18.8. The summed E-state index contributed by atoms with van der Waals surface area (Å²) in [5.74, 6) is 1.73. The number of aromatic nitrogens is 1. The maximum absolute atomic E-state index is 6.03. The zero-order valence-corrected chi connectivity index (χ0v) is 15.7. The van der Waals surface area contributed by atoms with Crippen molar-refractivity contribution in [3.8, 4) is 17.2 Å². The van der Waals surface area contributed by atoms with Gasteiger partial charge in [0.15, 0.2) is 0 Å². The Hall–Kier alpha value is -2.76. The summed E-state index contributed by atoms with van der Waals surface area (Å²) in [5, 5.41) is 0. The van der Waals surface area contributed by atoms with Gasteiger partial charge in [0, 0.05) is 31.0 Å². The number of ether oxygens (including phenoxy) is 3. The van der Waals surface area contributed by atoms with Crippen LogP contribution in [0.5, 0.6) is 11.5 Å². The molecule has 3 aromatic rings. The van der Waals surface area contributed by atoms with Gasteiger partial charge in [-0.3, -0.25) is 4.90 Å². The lowest BCUT2D eigenvalue weighted by Gasteiger charge is -2.22. The first kappa shape index (κ1) is 17.6. The molecule has 2 heterocycles. The zero-order valence-electron chi connectivity index (χ0n) is 15.7. The van der Waals surface area contributed by atoms with E-state index in [0.717, 1.165) is 42.4 Å². The second-order valence-electron chi connectivity index (χ2n) is 6.57. The van der Waals surface area contributed by atoms with Crippen molar-refractivity contribution >= 4 is 0 Å². The molecular formula is C22H24N2O3. The fourth-order valence-electron chi connectivity index (χ4n) is 3.49. The van der Waals surface area contributed by atoms with Crippen LogP contribution in [0.25, 0.3) is 5.69 Å². The third-order valence-corrected chi connectivity index (χ3v) is 4.89. The van der Waals surface area contributed by atoms with Crippen molar-refractivity contribution in [1.29, 1.82) is 0 Å². The second-order valence-corrected chi connectivity index (χ2v) is 6.57. The Kier molecular flexibility index (Phi) is 5.14. The van der Waals surface area contributed by atoms with Crippen LogP contribution in [0.2, 0.25) is 0 Å². The van der Waals surface area contributed by atoms with Gasteiger partial charge in [0.1, 0.15) is 17.7 Å². The van der Waals surface area contributed by atoms with E-state index in [-0.39, 0.29) is 6.23 Å². The fraction of sp³-hybridized carbons (Fsp3) is 0.273. The summed E-state index contributed by atoms with van der Waals surface area (Å²) in [5.41, 5.74) is 3.41. The summed E-state index contributed by atoms with van der Waals surface area (Å²) in [4.78, 5) is 2.35. The second kappa shape index (κ2) is 7.86. The van der Waals surface area contributed by atoms with E-state index in [2.05, 4.69) is 40.1 Å². The van der Waals surface area contributed by atoms with Crippen LogP contribution >= 0.6 is 0 Å². The molecule has 0 amide bonds. The summed E-state index contributed by atoms with van der Waals surface area (Å²) in [6.07, 6.45) is 4.14. The van der Waals surface area contributed by atoms with Crippen LogP contribution in [0.15, 0.2) is 67.0 Å². The highest BCUT2D eigenvalue weighted by molar-refractivity contribution is 5.47. The highest BCUT2D eigenvalue weighted by atomic mass is 16.5. The molecule has 0 bridgehead atoms. The van der Waals surface area contributed by atoms with Crippen molar-refractivity contribution < 1.29 is 14.2 Å². The third-order valence-electron chi connectivity index (χ3n) is 4.89. The molecule has 1 atom stereocenters. The van der Waals surface area contributed by atoms with Gasteiger partial charge in [-0.15, -0.1) is 0 Å². The number of rotatable bonds is 6. The van der Waals surface area contributed by atoms with Gasteiger partial charge >= 0.3 is 0 Å². The predicted molar refractivity (Wildman–Crippen MR) is 104 cm³/mol. The van der Waals surface area contributed by atoms with E-state index in [9.17, 15) is 0 Å². The molecular weight excluding hydrogens is 340 g/mol. The number of nitrogens with zero attached hydrogens (tertiary/aromatic N) is 2. The molecule has 140 valence electrons. The Morgan fingerprint density at radius 3 is 2.59 bits per heavy atom. The molecule has 0 spiro atoms. The molecule has 1 saturated heterocycles. The summed E-state index contributed by atoms with van der Waals surface area (Å²) in [6, 6.07) is 18.3. The monoisotopic (exact) mass is 364 g/mol. The van der Waals surface area contributed by atoms with Crippen LogP contribution in [0, 0.1) is 0 Å². The van der Waals surface area contributed by atoms with E-state index >= 15 is 0 Å². The molecule has 5 nitrogen and oxygen atoms in total. The average molecular weight is 364 g/mol. The molecule has 1 aromatic heterocycles. The van der Waals surface area contributed by atoms with Crippen molar-refractivity contribution in [2.24, 2.45) is 0 Å². The first-order chi connectivity index (χ1) is 13.3. The van der Waals surface area contributed by atoms with E-state index in [1.54, 1.807) is 14.2 Å². The standard InChI is InChI=1S/C22H24N2O3/c1-25-19-9-7-17(8-10-19)15-24-13-14-27-22(24)18-11-12-23(16-18)20-5-3-4-6-21(20)26-2/h3-12,16,22H,13-15H2,1-2H3/t22-/m1/s1. The van der Waals surface area contributed by atoms with Gasteiger partial charge in [-0.25, -0.2) is 0 Å². The average Bonchev–Trinajstić information content (AvgIpc) is 3.38. The number of para-hydroxylation sites is 2. The summed E-state index contributed by atoms with van der Waals surface area (Å²) in [6.45, 7) is 2.49. The molecule has 0 saturated carbocycles. The maximum Gasteiger partial charge on any atom is 0.142 e. The first-order valence-electron chi connectivity index (χ1n) is 9.08. The van der Waals surface area contributed by atoms with E-state index in [4.69, 9.17) is 14.2 Å². The molecule has 1 fully saturated rings. The van der Waals surface area contributed by atoms with Crippen molar-refractivity contribution in [3.63, 3.8) is 0 Å². The first-order valence-corrected chi connectivity index (χ1v) is 9.08. The van der Waals surface area contributed by atoms with Gasteiger partial charge in [0.25, 0.3) is 0 Å². The Morgan fingerprint density at radius 1 is 1.00 bits per heavy atom. The zero-order chi connectivity index (χ0) is 18.6. The van der Waals surface area contributed by atoms with Gasteiger partial charge in [0.05, 0.1) is 26.5 Å². The largest absolute Gasteiger partial charge is 0.497 e. The smallest absolute Gasteiger partial charge is 0.142 e. The lowest BCUT2D eigenvalue weighted by molar-refractivity contribution is 0.0288. The van der Waals surface area contributed by atoms with Crippen LogP contribution in [-0.4, -0.2) is 36.8 Å². The molecule has 1 aliphatic rings. The van der Waals surface area contributed by atoms with Crippen LogP contribution < -0.4 is 9.47 Å². The third kappa shape index (κ3) is 3.70. The van der Waals surface area contributed by atoms with Crippen molar-refractivity contribution in [2.45, 2.75) is 12.8 Å². The lowest BCUT2D eigenvalue weighted by Crippen LogP contribution is -2.23. The Morgan fingerprint density at radius 2 is 1.81 bits per heavy atom. The molecule has 0 unspecified atom stereocenters. The van der Waals surface area contributed by atoms with Crippen LogP contribution in [0.1, 0.15) is 17.4 Å². The van der Waals surface area contributed by atoms with Gasteiger partial charge in [-0.2, -0.15) is 0 Å². The van der Waals surface area contributed by atoms with Crippen LogP contribution in [0.4, 0.5) is 0 Å². The SMILES string of the molecule is COc1ccc(CN2CCO[C@@H]2c2ccn(-c3ccccc3OC)c2)cc1. The molecule has 0 radical (unpaired) electrons. The van der Waals surface area contributed by atoms with Gasteiger partial charge < -0.3 is 18.8 Å². The molecule has 5 heteroatoms. The van der Waals surface area contributed by atoms with E-state index in [1.165, 1.54) is 5.56 Å². The number of hydrogen-bond donors (Lipinski definition) is 0. The van der Waals surface area contributed by atoms with Gasteiger partial charge in [-0.1, -0.05) is 24.3 Å². The predicted octanol–water partition coefficient (Wildman–Crippen LogP) is 4.03. The number of benzene rings is 2. The minimum atomic E-state index is -0.0388. The van der Waals surface area contributed by atoms with E-state index < -0.39 is 0 Å². The maximum atomic E-state index is 6.03. The highest BCUT2D eigenvalue weighted by Gasteiger charge is 2.27.